The van der Waals surface area contributed by atoms with E-state index in [4.69, 9.17) is 9.72 Å². The van der Waals surface area contributed by atoms with Crippen LogP contribution in [-0.4, -0.2) is 53.0 Å². The minimum atomic E-state index is -0.0869. The largest absolute Gasteiger partial charge is 0.495 e. The van der Waals surface area contributed by atoms with Crippen LogP contribution in [0.1, 0.15) is 31.0 Å². The van der Waals surface area contributed by atoms with Gasteiger partial charge in [-0.1, -0.05) is 24.3 Å². The predicted octanol–water partition coefficient (Wildman–Crippen LogP) is 3.19. The summed E-state index contributed by atoms with van der Waals surface area (Å²) in [5.41, 5.74) is 2.57. The van der Waals surface area contributed by atoms with Gasteiger partial charge in [-0.05, 0) is 37.1 Å². The van der Waals surface area contributed by atoms with Gasteiger partial charge in [0.25, 0.3) is 0 Å². The molecule has 2 aromatic carbocycles. The fourth-order valence-corrected chi connectivity index (χ4v) is 4.74. The van der Waals surface area contributed by atoms with E-state index in [1.807, 2.05) is 58.0 Å². The summed E-state index contributed by atoms with van der Waals surface area (Å²) in [4.78, 5) is 34.4. The van der Waals surface area contributed by atoms with Crippen LogP contribution >= 0.6 is 0 Å². The normalized spacial score (nSPS) is 18.9. The molecular formula is C24H26N4O3. The van der Waals surface area contributed by atoms with E-state index in [-0.39, 0.29) is 24.3 Å². The van der Waals surface area contributed by atoms with Crippen molar-refractivity contribution in [3.05, 3.63) is 54.4 Å². The Labute approximate surface area is 181 Å². The van der Waals surface area contributed by atoms with Crippen LogP contribution in [0.15, 0.2) is 48.5 Å². The van der Waals surface area contributed by atoms with Gasteiger partial charge in [-0.15, -0.1) is 0 Å². The van der Waals surface area contributed by atoms with Crippen molar-refractivity contribution in [3.8, 4) is 5.75 Å². The van der Waals surface area contributed by atoms with Gasteiger partial charge < -0.3 is 19.1 Å². The lowest BCUT2D eigenvalue weighted by molar-refractivity contribution is -0.130. The van der Waals surface area contributed by atoms with Gasteiger partial charge in [-0.3, -0.25) is 9.59 Å². The maximum atomic E-state index is 12.9. The predicted molar refractivity (Wildman–Crippen MR) is 118 cm³/mol. The first kappa shape index (κ1) is 19.6. The number of para-hydroxylation sites is 4. The number of nitrogens with zero attached hydrogens (tertiary/aromatic N) is 4. The van der Waals surface area contributed by atoms with Crippen LogP contribution in [0, 0.1) is 0 Å². The van der Waals surface area contributed by atoms with Crippen LogP contribution < -0.4 is 9.64 Å². The highest BCUT2D eigenvalue weighted by Crippen LogP contribution is 2.37. The number of aromatic nitrogens is 2. The maximum Gasteiger partial charge on any atom is 0.242 e. The lowest BCUT2D eigenvalue weighted by Crippen LogP contribution is -2.32. The second kappa shape index (κ2) is 8.06. The summed E-state index contributed by atoms with van der Waals surface area (Å²) in [6.45, 7) is 2.42. The fourth-order valence-electron chi connectivity index (χ4n) is 4.74. The first-order valence-electron chi connectivity index (χ1n) is 10.8. The summed E-state index contributed by atoms with van der Waals surface area (Å²) in [6, 6.07) is 15.4. The van der Waals surface area contributed by atoms with Crippen molar-refractivity contribution in [2.75, 3.05) is 31.6 Å². The van der Waals surface area contributed by atoms with Crippen molar-refractivity contribution in [2.24, 2.45) is 0 Å². The third kappa shape index (κ3) is 3.54. The van der Waals surface area contributed by atoms with Crippen molar-refractivity contribution >= 4 is 28.5 Å². The average Bonchev–Trinajstić information content (AvgIpc) is 3.53. The monoisotopic (exact) mass is 418 g/mol. The number of carbonyl (C=O) groups is 2. The number of imidazole rings is 1. The van der Waals surface area contributed by atoms with Gasteiger partial charge >= 0.3 is 0 Å². The molecule has 0 bridgehead atoms. The van der Waals surface area contributed by atoms with E-state index in [0.717, 1.165) is 48.5 Å². The van der Waals surface area contributed by atoms with E-state index in [2.05, 4.69) is 0 Å². The molecule has 0 saturated carbocycles. The number of carbonyl (C=O) groups excluding carboxylic acids is 2. The molecule has 0 radical (unpaired) electrons. The summed E-state index contributed by atoms with van der Waals surface area (Å²) < 4.78 is 7.48. The molecule has 3 aromatic rings. The number of fused-ring (bicyclic) bond motifs is 1. The number of likely N-dealkylation sites (tertiary alicyclic amines) is 1. The molecule has 1 atom stereocenters. The molecule has 0 N–H and O–H groups in total. The highest BCUT2D eigenvalue weighted by Gasteiger charge is 2.36. The second-order valence-electron chi connectivity index (χ2n) is 8.21. The lowest BCUT2D eigenvalue weighted by atomic mass is 10.1. The molecule has 1 aromatic heterocycles. The van der Waals surface area contributed by atoms with E-state index >= 15 is 0 Å². The fraction of sp³-hybridized carbons (Fsp3) is 0.375. The number of ether oxygens (including phenoxy) is 1. The van der Waals surface area contributed by atoms with Gasteiger partial charge in [-0.2, -0.15) is 0 Å². The maximum absolute atomic E-state index is 12.9. The number of amides is 2. The van der Waals surface area contributed by atoms with Gasteiger partial charge in [0, 0.05) is 32.0 Å². The molecule has 2 saturated heterocycles. The Morgan fingerprint density at radius 1 is 1.10 bits per heavy atom. The Kier molecular flexibility index (Phi) is 5.10. The Morgan fingerprint density at radius 2 is 1.84 bits per heavy atom. The van der Waals surface area contributed by atoms with Gasteiger partial charge in [0.1, 0.15) is 18.1 Å². The summed E-state index contributed by atoms with van der Waals surface area (Å²) in [6.07, 6.45) is 2.49. The summed E-state index contributed by atoms with van der Waals surface area (Å²) >= 11 is 0. The zero-order valence-electron chi connectivity index (χ0n) is 17.7. The quantitative estimate of drug-likeness (QED) is 0.638. The molecule has 7 heteroatoms. The molecule has 0 aliphatic carbocycles. The Balaban J connectivity index is 1.48. The molecular weight excluding hydrogens is 392 g/mol. The number of hydrogen-bond donors (Lipinski definition) is 0. The molecule has 31 heavy (non-hydrogen) atoms. The van der Waals surface area contributed by atoms with Crippen molar-refractivity contribution in [1.29, 1.82) is 0 Å². The number of benzene rings is 2. The van der Waals surface area contributed by atoms with E-state index in [9.17, 15) is 9.59 Å². The zero-order valence-corrected chi connectivity index (χ0v) is 17.7. The number of rotatable bonds is 5. The van der Waals surface area contributed by atoms with Crippen molar-refractivity contribution in [3.63, 3.8) is 0 Å². The number of methoxy groups -OCH3 is 1. The third-order valence-corrected chi connectivity index (χ3v) is 6.30. The SMILES string of the molecule is COc1ccccc1N1C[C@H](c2nc3ccccc3n2CC(=O)N2CCCC2)CC1=O. The van der Waals surface area contributed by atoms with Crippen molar-refractivity contribution < 1.29 is 14.3 Å². The molecule has 2 fully saturated rings. The Morgan fingerprint density at radius 3 is 2.65 bits per heavy atom. The average molecular weight is 418 g/mol. The van der Waals surface area contributed by atoms with Crippen LogP contribution in [-0.2, 0) is 16.1 Å². The highest BCUT2D eigenvalue weighted by molar-refractivity contribution is 5.98. The molecule has 0 unspecified atom stereocenters. The molecule has 7 nitrogen and oxygen atoms in total. The van der Waals surface area contributed by atoms with E-state index in [1.165, 1.54) is 0 Å². The Hall–Kier alpha value is -3.35. The van der Waals surface area contributed by atoms with Gasteiger partial charge in [0.05, 0.1) is 23.8 Å². The summed E-state index contributed by atoms with van der Waals surface area (Å²) in [5, 5.41) is 0. The Bertz CT molecular complexity index is 1130. The van der Waals surface area contributed by atoms with E-state index < -0.39 is 0 Å². The lowest BCUT2D eigenvalue weighted by Gasteiger charge is -2.20. The molecule has 2 aliphatic heterocycles. The molecule has 2 amide bonds. The first-order chi connectivity index (χ1) is 15.2. The smallest absolute Gasteiger partial charge is 0.242 e. The van der Waals surface area contributed by atoms with Crippen molar-refractivity contribution in [2.45, 2.75) is 31.7 Å². The number of anilines is 1. The second-order valence-corrected chi connectivity index (χ2v) is 8.21. The van der Waals surface area contributed by atoms with Crippen LogP contribution in [0.2, 0.25) is 0 Å². The van der Waals surface area contributed by atoms with Gasteiger partial charge in [0.2, 0.25) is 11.8 Å². The van der Waals surface area contributed by atoms with E-state index in [0.29, 0.717) is 18.7 Å². The summed E-state index contributed by atoms with van der Waals surface area (Å²) in [7, 11) is 1.61. The highest BCUT2D eigenvalue weighted by atomic mass is 16.5. The minimum Gasteiger partial charge on any atom is -0.495 e. The zero-order chi connectivity index (χ0) is 21.4. The van der Waals surface area contributed by atoms with Crippen LogP contribution in [0.4, 0.5) is 5.69 Å². The molecule has 2 aliphatic rings. The summed E-state index contributed by atoms with van der Waals surface area (Å²) in [5.74, 6) is 1.55. The molecule has 5 rings (SSSR count). The molecule has 3 heterocycles. The standard InChI is InChI=1S/C24H26N4O3/c1-31-21-11-5-4-10-20(21)27-15-17(14-22(27)29)24-25-18-8-2-3-9-19(18)28(24)16-23(30)26-12-6-7-13-26/h2-5,8-11,17H,6-7,12-16H2,1H3/t17-/m1/s1. The van der Waals surface area contributed by atoms with E-state index in [1.54, 1.807) is 12.0 Å². The first-order valence-corrected chi connectivity index (χ1v) is 10.8. The number of hydrogen-bond acceptors (Lipinski definition) is 4. The molecule has 160 valence electrons. The van der Waals surface area contributed by atoms with Crippen molar-refractivity contribution in [1.82, 2.24) is 14.5 Å². The third-order valence-electron chi connectivity index (χ3n) is 6.30. The minimum absolute atomic E-state index is 0.0407. The van der Waals surface area contributed by atoms with Crippen LogP contribution in [0.3, 0.4) is 0 Å². The van der Waals surface area contributed by atoms with Gasteiger partial charge in [-0.25, -0.2) is 4.98 Å². The van der Waals surface area contributed by atoms with Crippen LogP contribution in [0.25, 0.3) is 11.0 Å². The van der Waals surface area contributed by atoms with Crippen LogP contribution in [0.5, 0.6) is 5.75 Å². The van der Waals surface area contributed by atoms with Gasteiger partial charge in [0.15, 0.2) is 0 Å². The molecule has 0 spiro atoms. The topological polar surface area (TPSA) is 67.7 Å².